The molecule has 0 bridgehead atoms. The molecule has 0 aliphatic heterocycles. The number of nitrogens with one attached hydrogen (secondary N) is 2. The van der Waals surface area contributed by atoms with Crippen LogP contribution in [-0.2, 0) is 0 Å². The Morgan fingerprint density at radius 2 is 1.88 bits per heavy atom. The zero-order valence-electron chi connectivity index (χ0n) is 11.7. The van der Waals surface area contributed by atoms with Gasteiger partial charge in [0.25, 0.3) is 0 Å². The van der Waals surface area contributed by atoms with E-state index in [0.29, 0.717) is 0 Å². The van der Waals surface area contributed by atoms with Gasteiger partial charge in [0.15, 0.2) is 0 Å². The van der Waals surface area contributed by atoms with Crippen LogP contribution in [0.4, 0.5) is 0 Å². The molecule has 0 aliphatic carbocycles. The second-order valence-electron chi connectivity index (χ2n) is 4.94. The summed E-state index contributed by atoms with van der Waals surface area (Å²) in [6, 6.07) is 6.48. The zero-order chi connectivity index (χ0) is 13.1. The summed E-state index contributed by atoms with van der Waals surface area (Å²) in [4.78, 5) is 0. The summed E-state index contributed by atoms with van der Waals surface area (Å²) in [5, 5.41) is 6.71. The highest BCUT2D eigenvalue weighted by Crippen LogP contribution is 2.32. The van der Waals surface area contributed by atoms with Crippen LogP contribution in [0.15, 0.2) is 18.2 Å². The molecule has 17 heavy (non-hydrogen) atoms. The standard InChI is InChI=1S/C14H24N2O/c1-10-7-8-12(17-6)11(9-10)13(15-4)14(2,3)16-5/h7-9,13,15-16H,1-6H3. The Balaban J connectivity index is 3.23. The van der Waals surface area contributed by atoms with Crippen LogP contribution in [0.25, 0.3) is 0 Å². The lowest BCUT2D eigenvalue weighted by atomic mass is 9.87. The normalized spacial score (nSPS) is 13.5. The van der Waals surface area contributed by atoms with Crippen LogP contribution in [0.1, 0.15) is 31.0 Å². The van der Waals surface area contributed by atoms with Gasteiger partial charge >= 0.3 is 0 Å². The molecule has 0 spiro atoms. The van der Waals surface area contributed by atoms with Gasteiger partial charge in [0, 0.05) is 11.1 Å². The molecular weight excluding hydrogens is 212 g/mol. The predicted molar refractivity (Wildman–Crippen MR) is 72.7 cm³/mol. The minimum absolute atomic E-state index is 0.0458. The summed E-state index contributed by atoms with van der Waals surface area (Å²) in [6.07, 6.45) is 0. The van der Waals surface area contributed by atoms with E-state index in [0.717, 1.165) is 5.75 Å². The molecule has 1 rings (SSSR count). The lowest BCUT2D eigenvalue weighted by molar-refractivity contribution is 0.300. The first kappa shape index (κ1) is 14.0. The Morgan fingerprint density at radius 1 is 1.24 bits per heavy atom. The maximum Gasteiger partial charge on any atom is 0.123 e. The highest BCUT2D eigenvalue weighted by atomic mass is 16.5. The molecule has 96 valence electrons. The molecular formula is C14H24N2O. The highest BCUT2D eigenvalue weighted by molar-refractivity contribution is 5.40. The summed E-state index contributed by atoms with van der Waals surface area (Å²) >= 11 is 0. The predicted octanol–water partition coefficient (Wildman–Crippen LogP) is 2.26. The molecule has 1 unspecified atom stereocenters. The average molecular weight is 236 g/mol. The quantitative estimate of drug-likeness (QED) is 0.823. The van der Waals surface area contributed by atoms with Crippen molar-refractivity contribution < 1.29 is 4.74 Å². The third-order valence-electron chi connectivity index (χ3n) is 3.35. The van der Waals surface area contributed by atoms with Crippen molar-refractivity contribution in [3.05, 3.63) is 29.3 Å². The number of methoxy groups -OCH3 is 1. The fourth-order valence-electron chi connectivity index (χ4n) is 2.13. The topological polar surface area (TPSA) is 33.3 Å². The number of ether oxygens (including phenoxy) is 1. The van der Waals surface area contributed by atoms with Gasteiger partial charge < -0.3 is 15.4 Å². The highest BCUT2D eigenvalue weighted by Gasteiger charge is 2.30. The molecule has 0 fully saturated rings. The van der Waals surface area contributed by atoms with E-state index in [1.807, 2.05) is 20.2 Å². The van der Waals surface area contributed by atoms with Crippen LogP contribution in [0.2, 0.25) is 0 Å². The van der Waals surface area contributed by atoms with Crippen LogP contribution in [0, 0.1) is 6.92 Å². The van der Waals surface area contributed by atoms with Crippen molar-refractivity contribution in [2.45, 2.75) is 32.4 Å². The van der Waals surface area contributed by atoms with Gasteiger partial charge in [-0.05, 0) is 40.9 Å². The van der Waals surface area contributed by atoms with Crippen molar-refractivity contribution >= 4 is 0 Å². The van der Waals surface area contributed by atoms with E-state index in [1.54, 1.807) is 7.11 Å². The molecule has 0 radical (unpaired) electrons. The van der Waals surface area contributed by atoms with Crippen molar-refractivity contribution in [3.63, 3.8) is 0 Å². The minimum Gasteiger partial charge on any atom is -0.496 e. The van der Waals surface area contributed by atoms with E-state index < -0.39 is 0 Å². The molecule has 1 atom stereocenters. The third-order valence-corrected chi connectivity index (χ3v) is 3.35. The first-order chi connectivity index (χ1) is 7.96. The maximum absolute atomic E-state index is 5.46. The molecule has 3 nitrogen and oxygen atoms in total. The van der Waals surface area contributed by atoms with Gasteiger partial charge in [-0.25, -0.2) is 0 Å². The SMILES string of the molecule is CNC(c1cc(C)ccc1OC)C(C)(C)NC. The summed E-state index contributed by atoms with van der Waals surface area (Å²) in [5.41, 5.74) is 2.39. The number of hydrogen-bond donors (Lipinski definition) is 2. The molecule has 0 aliphatic rings. The number of aryl methyl sites for hydroxylation is 1. The van der Waals surface area contributed by atoms with Gasteiger partial charge in [-0.1, -0.05) is 17.7 Å². The summed E-state index contributed by atoms with van der Waals surface area (Å²) in [5.74, 6) is 0.929. The van der Waals surface area contributed by atoms with Crippen LogP contribution >= 0.6 is 0 Å². The molecule has 1 aromatic carbocycles. The Bertz CT molecular complexity index is 374. The van der Waals surface area contributed by atoms with Crippen molar-refractivity contribution in [2.75, 3.05) is 21.2 Å². The lowest BCUT2D eigenvalue weighted by Gasteiger charge is -2.35. The molecule has 0 saturated carbocycles. The second kappa shape index (κ2) is 5.52. The monoisotopic (exact) mass is 236 g/mol. The minimum atomic E-state index is -0.0458. The number of rotatable bonds is 5. The van der Waals surface area contributed by atoms with E-state index in [9.17, 15) is 0 Å². The number of likely N-dealkylation sites (N-methyl/N-ethyl adjacent to an activating group) is 2. The zero-order valence-corrected chi connectivity index (χ0v) is 11.7. The van der Waals surface area contributed by atoms with Gasteiger partial charge in [0.1, 0.15) is 5.75 Å². The van der Waals surface area contributed by atoms with Gasteiger partial charge in [0.2, 0.25) is 0 Å². The second-order valence-corrected chi connectivity index (χ2v) is 4.94. The van der Waals surface area contributed by atoms with E-state index in [2.05, 4.69) is 43.5 Å². The maximum atomic E-state index is 5.46. The van der Waals surface area contributed by atoms with Crippen molar-refractivity contribution in [3.8, 4) is 5.75 Å². The number of hydrogen-bond acceptors (Lipinski definition) is 3. The third kappa shape index (κ3) is 2.99. The molecule has 0 heterocycles. The Morgan fingerprint density at radius 3 is 2.35 bits per heavy atom. The Labute approximate surface area is 105 Å². The largest absolute Gasteiger partial charge is 0.496 e. The van der Waals surface area contributed by atoms with E-state index in [4.69, 9.17) is 4.74 Å². The van der Waals surface area contributed by atoms with Crippen molar-refractivity contribution in [1.82, 2.24) is 10.6 Å². The van der Waals surface area contributed by atoms with E-state index in [-0.39, 0.29) is 11.6 Å². The van der Waals surface area contributed by atoms with E-state index in [1.165, 1.54) is 11.1 Å². The van der Waals surface area contributed by atoms with Gasteiger partial charge in [-0.2, -0.15) is 0 Å². The molecule has 2 N–H and O–H groups in total. The fraction of sp³-hybridized carbons (Fsp3) is 0.571. The van der Waals surface area contributed by atoms with Crippen LogP contribution < -0.4 is 15.4 Å². The van der Waals surface area contributed by atoms with Gasteiger partial charge in [-0.3, -0.25) is 0 Å². The molecule has 3 heteroatoms. The summed E-state index contributed by atoms with van der Waals surface area (Å²) in [6.45, 7) is 6.45. The average Bonchev–Trinajstić information content (AvgIpc) is 2.30. The fourth-order valence-corrected chi connectivity index (χ4v) is 2.13. The van der Waals surface area contributed by atoms with Crippen molar-refractivity contribution in [1.29, 1.82) is 0 Å². The van der Waals surface area contributed by atoms with Gasteiger partial charge in [0.05, 0.1) is 13.2 Å². The van der Waals surface area contributed by atoms with Gasteiger partial charge in [-0.15, -0.1) is 0 Å². The van der Waals surface area contributed by atoms with Crippen LogP contribution in [-0.4, -0.2) is 26.7 Å². The number of benzene rings is 1. The van der Waals surface area contributed by atoms with Crippen LogP contribution in [0.5, 0.6) is 5.75 Å². The Kier molecular flexibility index (Phi) is 4.54. The molecule has 0 amide bonds. The summed E-state index contributed by atoms with van der Waals surface area (Å²) in [7, 11) is 5.67. The molecule has 0 saturated heterocycles. The smallest absolute Gasteiger partial charge is 0.123 e. The molecule has 0 aromatic heterocycles. The first-order valence-corrected chi connectivity index (χ1v) is 5.97. The van der Waals surface area contributed by atoms with Crippen molar-refractivity contribution in [2.24, 2.45) is 0 Å². The first-order valence-electron chi connectivity index (χ1n) is 5.97. The summed E-state index contributed by atoms with van der Waals surface area (Å²) < 4.78 is 5.46. The van der Waals surface area contributed by atoms with Crippen LogP contribution in [0.3, 0.4) is 0 Å². The Hall–Kier alpha value is -1.06. The van der Waals surface area contributed by atoms with E-state index >= 15 is 0 Å². The molecule has 1 aromatic rings. The lowest BCUT2D eigenvalue weighted by Crippen LogP contribution is -2.47.